The molecule has 1 aliphatic heterocycles. The second kappa shape index (κ2) is 5.23. The maximum Gasteiger partial charge on any atom is 0.220 e. The average Bonchev–Trinajstić information content (AvgIpc) is 2.49. The molecule has 0 aliphatic carbocycles. The number of anilines is 2. The smallest absolute Gasteiger partial charge is 0.220 e. The summed E-state index contributed by atoms with van der Waals surface area (Å²) in [7, 11) is -4.00. The number of benzene rings is 2. The highest BCUT2D eigenvalue weighted by atomic mass is 79.9. The Labute approximate surface area is 135 Å². The van der Waals surface area contributed by atoms with E-state index in [1.807, 2.05) is 0 Å². The highest BCUT2D eigenvalue weighted by molar-refractivity contribution is 9.10. The zero-order valence-corrected chi connectivity index (χ0v) is 13.4. The van der Waals surface area contributed by atoms with Crippen LogP contribution in [-0.4, -0.2) is 8.42 Å². The minimum absolute atomic E-state index is 0.213. The fourth-order valence-electron chi connectivity index (χ4n) is 2.18. The van der Waals surface area contributed by atoms with Gasteiger partial charge in [0.05, 0.1) is 10.6 Å². The van der Waals surface area contributed by atoms with E-state index in [0.717, 1.165) is 10.5 Å². The van der Waals surface area contributed by atoms with E-state index in [4.69, 9.17) is 5.26 Å². The number of nitrogens with zero attached hydrogens (tertiary/aromatic N) is 2. The molecule has 0 N–H and O–H groups in total. The van der Waals surface area contributed by atoms with E-state index in [-0.39, 0.29) is 4.90 Å². The van der Waals surface area contributed by atoms with Crippen LogP contribution in [0, 0.1) is 17.1 Å². The first-order valence-corrected chi connectivity index (χ1v) is 8.42. The van der Waals surface area contributed by atoms with E-state index in [2.05, 4.69) is 15.9 Å². The van der Waals surface area contributed by atoms with Gasteiger partial charge >= 0.3 is 0 Å². The molecular weight excluding hydrogens is 371 g/mol. The van der Waals surface area contributed by atoms with Gasteiger partial charge in [-0.2, -0.15) is 5.26 Å². The van der Waals surface area contributed by atoms with Crippen LogP contribution in [0.5, 0.6) is 0 Å². The topological polar surface area (TPSA) is 61.2 Å². The summed E-state index contributed by atoms with van der Waals surface area (Å²) >= 11 is 3.32. The van der Waals surface area contributed by atoms with Gasteiger partial charge in [0.15, 0.2) is 4.91 Å². The van der Waals surface area contributed by atoms with Crippen molar-refractivity contribution in [2.45, 2.75) is 4.90 Å². The summed E-state index contributed by atoms with van der Waals surface area (Å²) in [5, 5.41) is 9.10. The number of hydrogen-bond acceptors (Lipinski definition) is 4. The molecule has 0 amide bonds. The minimum atomic E-state index is -4.00. The number of hydrogen-bond donors (Lipinski definition) is 0. The molecule has 0 atom stereocenters. The lowest BCUT2D eigenvalue weighted by Crippen LogP contribution is -2.21. The van der Waals surface area contributed by atoms with Crippen LogP contribution in [0.4, 0.5) is 15.8 Å². The van der Waals surface area contributed by atoms with Crippen LogP contribution in [0.1, 0.15) is 0 Å². The van der Waals surface area contributed by atoms with Gasteiger partial charge in [-0.1, -0.05) is 15.9 Å². The molecule has 1 aliphatic rings. The van der Waals surface area contributed by atoms with Gasteiger partial charge in [0.2, 0.25) is 9.84 Å². The van der Waals surface area contributed by atoms with Gasteiger partial charge in [-0.25, -0.2) is 12.8 Å². The molecule has 4 nitrogen and oxygen atoms in total. The highest BCUT2D eigenvalue weighted by Gasteiger charge is 2.32. The summed E-state index contributed by atoms with van der Waals surface area (Å²) in [6.07, 6.45) is 1.25. The second-order valence-electron chi connectivity index (χ2n) is 4.57. The molecule has 3 rings (SSSR count). The van der Waals surface area contributed by atoms with Crippen molar-refractivity contribution < 1.29 is 12.8 Å². The van der Waals surface area contributed by atoms with Crippen molar-refractivity contribution in [2.24, 2.45) is 0 Å². The molecule has 0 aromatic heterocycles. The van der Waals surface area contributed by atoms with Crippen molar-refractivity contribution in [3.8, 4) is 6.07 Å². The Morgan fingerprint density at radius 2 is 1.82 bits per heavy atom. The molecule has 7 heteroatoms. The molecule has 22 heavy (non-hydrogen) atoms. The molecule has 0 unspecified atom stereocenters. The van der Waals surface area contributed by atoms with Crippen LogP contribution >= 0.6 is 15.9 Å². The van der Waals surface area contributed by atoms with Gasteiger partial charge in [0.1, 0.15) is 11.9 Å². The molecule has 2 aromatic rings. The Morgan fingerprint density at radius 3 is 2.45 bits per heavy atom. The molecule has 0 saturated heterocycles. The lowest BCUT2D eigenvalue weighted by Gasteiger charge is -2.27. The van der Waals surface area contributed by atoms with Gasteiger partial charge in [-0.15, -0.1) is 0 Å². The summed E-state index contributed by atoms with van der Waals surface area (Å²) < 4.78 is 39.0. The van der Waals surface area contributed by atoms with Gasteiger partial charge in [-0.05, 0) is 42.5 Å². The van der Waals surface area contributed by atoms with Gasteiger partial charge in [-0.3, -0.25) is 0 Å². The van der Waals surface area contributed by atoms with Gasteiger partial charge < -0.3 is 4.90 Å². The molecule has 0 saturated carbocycles. The largest absolute Gasteiger partial charge is 0.314 e. The third kappa shape index (κ3) is 2.30. The Hall–Kier alpha value is -2.17. The second-order valence-corrected chi connectivity index (χ2v) is 7.37. The van der Waals surface area contributed by atoms with Crippen molar-refractivity contribution in [3.05, 3.63) is 63.9 Å². The molecule has 2 aromatic carbocycles. The van der Waals surface area contributed by atoms with Crippen molar-refractivity contribution >= 4 is 37.1 Å². The summed E-state index contributed by atoms with van der Waals surface area (Å²) in [5.41, 5.74) is 0.974. The predicted molar refractivity (Wildman–Crippen MR) is 83.6 cm³/mol. The van der Waals surface area contributed by atoms with Crippen LogP contribution in [0.15, 0.2) is 62.9 Å². The number of allylic oxidation sites excluding steroid dienone is 1. The average molecular weight is 379 g/mol. The van der Waals surface area contributed by atoms with E-state index >= 15 is 0 Å². The van der Waals surface area contributed by atoms with Crippen LogP contribution in [0.25, 0.3) is 0 Å². The first-order chi connectivity index (χ1) is 10.4. The number of halogens is 2. The molecule has 0 spiro atoms. The molecule has 0 bridgehead atoms. The Morgan fingerprint density at radius 1 is 1.14 bits per heavy atom. The lowest BCUT2D eigenvalue weighted by molar-refractivity contribution is 0.596. The van der Waals surface area contributed by atoms with Crippen molar-refractivity contribution in [3.63, 3.8) is 0 Å². The zero-order chi connectivity index (χ0) is 15.9. The lowest BCUT2D eigenvalue weighted by atomic mass is 10.2. The standard InChI is InChI=1S/C15H8BrFN2O2S/c16-10-1-4-12(5-2-10)19-9-13(8-18)22(20,21)15-7-11(17)3-6-14(15)19/h1-7,9H. The normalized spacial score (nSPS) is 15.7. The van der Waals surface area contributed by atoms with E-state index in [9.17, 15) is 12.8 Å². The highest BCUT2D eigenvalue weighted by Crippen LogP contribution is 2.39. The Bertz CT molecular complexity index is 931. The van der Waals surface area contributed by atoms with E-state index < -0.39 is 20.6 Å². The zero-order valence-electron chi connectivity index (χ0n) is 11.0. The number of fused-ring (bicyclic) bond motifs is 1. The van der Waals surface area contributed by atoms with Crippen molar-refractivity contribution in [2.75, 3.05) is 4.90 Å². The third-order valence-corrected chi connectivity index (χ3v) is 5.43. The van der Waals surface area contributed by atoms with Crippen LogP contribution in [-0.2, 0) is 9.84 Å². The number of rotatable bonds is 1. The maximum atomic E-state index is 13.5. The predicted octanol–water partition coefficient (Wildman–Crippen LogP) is 3.88. The molecule has 0 radical (unpaired) electrons. The molecular formula is C15H8BrFN2O2S. The summed E-state index contributed by atoms with van der Waals surface area (Å²) in [6, 6.07) is 12.3. The van der Waals surface area contributed by atoms with E-state index in [1.54, 1.807) is 35.2 Å². The fraction of sp³-hybridized carbons (Fsp3) is 0. The molecule has 1 heterocycles. The monoisotopic (exact) mass is 378 g/mol. The van der Waals surface area contributed by atoms with E-state index in [1.165, 1.54) is 18.3 Å². The van der Waals surface area contributed by atoms with Crippen molar-refractivity contribution in [1.29, 1.82) is 5.26 Å². The number of sulfone groups is 1. The SMILES string of the molecule is N#CC1=CN(c2ccc(Br)cc2)c2ccc(F)cc2S1(=O)=O. The van der Waals surface area contributed by atoms with Crippen LogP contribution < -0.4 is 4.90 Å². The van der Waals surface area contributed by atoms with Gasteiger partial charge in [0, 0.05) is 16.4 Å². The first kappa shape index (κ1) is 14.8. The number of nitriles is 1. The van der Waals surface area contributed by atoms with Crippen LogP contribution in [0.3, 0.4) is 0 Å². The third-order valence-electron chi connectivity index (χ3n) is 3.22. The summed E-state index contributed by atoms with van der Waals surface area (Å²) in [4.78, 5) is 0.920. The Kier molecular flexibility index (Phi) is 3.51. The summed E-state index contributed by atoms with van der Waals surface area (Å²) in [5.74, 6) is -0.669. The summed E-state index contributed by atoms with van der Waals surface area (Å²) in [6.45, 7) is 0. The first-order valence-electron chi connectivity index (χ1n) is 6.15. The quantitative estimate of drug-likeness (QED) is 0.755. The molecule has 0 fully saturated rings. The van der Waals surface area contributed by atoms with Crippen molar-refractivity contribution in [1.82, 2.24) is 0 Å². The fourth-order valence-corrected chi connectivity index (χ4v) is 3.76. The van der Waals surface area contributed by atoms with Gasteiger partial charge in [0.25, 0.3) is 0 Å². The van der Waals surface area contributed by atoms with E-state index in [0.29, 0.717) is 11.4 Å². The maximum absolute atomic E-state index is 13.5. The van der Waals surface area contributed by atoms with Crippen LogP contribution in [0.2, 0.25) is 0 Å². The Balaban J connectivity index is 2.28. The molecule has 110 valence electrons. The minimum Gasteiger partial charge on any atom is -0.314 e.